The summed E-state index contributed by atoms with van der Waals surface area (Å²) in [5.74, 6) is -0.512. The van der Waals surface area contributed by atoms with E-state index in [4.69, 9.17) is 4.74 Å². The van der Waals surface area contributed by atoms with Crippen molar-refractivity contribution >= 4 is 17.4 Å². The van der Waals surface area contributed by atoms with Gasteiger partial charge in [-0.2, -0.15) is 26.3 Å². The third-order valence-electron chi connectivity index (χ3n) is 4.06. The van der Waals surface area contributed by atoms with E-state index >= 15 is 0 Å². The van der Waals surface area contributed by atoms with E-state index in [1.807, 2.05) is 10.2 Å². The van der Waals surface area contributed by atoms with Crippen molar-refractivity contribution in [3.05, 3.63) is 47.2 Å². The van der Waals surface area contributed by atoms with Crippen LogP contribution in [-0.4, -0.2) is 42.4 Å². The van der Waals surface area contributed by atoms with Gasteiger partial charge in [0.25, 0.3) is 5.91 Å². The zero-order valence-corrected chi connectivity index (χ0v) is 14.6. The summed E-state index contributed by atoms with van der Waals surface area (Å²) < 4.78 is 82.6. The molecule has 156 valence electrons. The number of alkyl halides is 6. The topological polar surface area (TPSA) is 67.4 Å². The fourth-order valence-electron chi connectivity index (χ4n) is 2.63. The lowest BCUT2D eigenvalue weighted by atomic mass is 10.1. The summed E-state index contributed by atoms with van der Waals surface area (Å²) in [4.78, 5) is 14.1. The van der Waals surface area contributed by atoms with Gasteiger partial charge in [0.05, 0.1) is 24.3 Å². The SMILES string of the molecule is O=C(Nc1cc(C(F)(F)F)cc(C(F)(F)F)c1)c1ccc(N2CCOCC2)nn1. The van der Waals surface area contributed by atoms with Crippen molar-refractivity contribution in [2.75, 3.05) is 36.5 Å². The van der Waals surface area contributed by atoms with Crippen LogP contribution in [0.3, 0.4) is 0 Å². The maximum absolute atomic E-state index is 12.9. The number of benzene rings is 1. The summed E-state index contributed by atoms with van der Waals surface area (Å²) in [6, 6.07) is 3.59. The second kappa shape index (κ2) is 7.85. The zero-order chi connectivity index (χ0) is 21.2. The van der Waals surface area contributed by atoms with Gasteiger partial charge in [-0.15, -0.1) is 10.2 Å². The fourth-order valence-corrected chi connectivity index (χ4v) is 2.63. The molecule has 1 aliphatic heterocycles. The van der Waals surface area contributed by atoms with E-state index in [0.717, 1.165) is 0 Å². The molecule has 6 nitrogen and oxygen atoms in total. The van der Waals surface area contributed by atoms with E-state index in [1.165, 1.54) is 12.1 Å². The Bertz CT molecular complexity index is 845. The van der Waals surface area contributed by atoms with E-state index in [-0.39, 0.29) is 11.8 Å². The number of rotatable bonds is 3. The minimum atomic E-state index is -5.01. The molecule has 1 aliphatic rings. The highest BCUT2D eigenvalue weighted by atomic mass is 19.4. The monoisotopic (exact) mass is 420 g/mol. The number of carbonyl (C=O) groups is 1. The van der Waals surface area contributed by atoms with Crippen molar-refractivity contribution < 1.29 is 35.9 Å². The predicted molar refractivity (Wildman–Crippen MR) is 89.5 cm³/mol. The van der Waals surface area contributed by atoms with Gasteiger partial charge in [0.1, 0.15) is 0 Å². The molecule has 29 heavy (non-hydrogen) atoms. The number of nitrogens with zero attached hydrogens (tertiary/aromatic N) is 3. The highest BCUT2D eigenvalue weighted by Crippen LogP contribution is 2.37. The molecule has 0 atom stereocenters. The number of nitrogens with one attached hydrogen (secondary N) is 1. The Morgan fingerprint density at radius 2 is 1.52 bits per heavy atom. The Kier molecular flexibility index (Phi) is 5.64. The molecular formula is C17H14F6N4O2. The van der Waals surface area contributed by atoms with E-state index < -0.39 is 35.1 Å². The Labute approximate surface area is 160 Å². The van der Waals surface area contributed by atoms with Crippen LogP contribution in [0, 0.1) is 0 Å². The number of hydrogen-bond acceptors (Lipinski definition) is 5. The van der Waals surface area contributed by atoms with Crippen LogP contribution in [-0.2, 0) is 17.1 Å². The summed E-state index contributed by atoms with van der Waals surface area (Å²) >= 11 is 0. The molecule has 3 rings (SSSR count). The first kappa shape index (κ1) is 20.8. The normalized spacial score (nSPS) is 15.3. The molecule has 0 unspecified atom stereocenters. The van der Waals surface area contributed by atoms with Crippen LogP contribution in [0.1, 0.15) is 21.6 Å². The van der Waals surface area contributed by atoms with Gasteiger partial charge in [0.2, 0.25) is 0 Å². The number of carbonyl (C=O) groups excluding carboxylic acids is 1. The van der Waals surface area contributed by atoms with Crippen LogP contribution in [0.2, 0.25) is 0 Å². The molecule has 1 saturated heterocycles. The van der Waals surface area contributed by atoms with Crippen LogP contribution in [0.4, 0.5) is 37.8 Å². The van der Waals surface area contributed by atoms with E-state index in [2.05, 4.69) is 10.2 Å². The first-order chi connectivity index (χ1) is 13.5. The maximum atomic E-state index is 12.9. The molecule has 0 aliphatic carbocycles. The number of morpholine rings is 1. The molecule has 2 heterocycles. The van der Waals surface area contributed by atoms with Crippen molar-refractivity contribution in [3.8, 4) is 0 Å². The van der Waals surface area contributed by atoms with Crippen LogP contribution in [0.5, 0.6) is 0 Å². The van der Waals surface area contributed by atoms with Crippen molar-refractivity contribution in [1.82, 2.24) is 10.2 Å². The smallest absolute Gasteiger partial charge is 0.378 e. The highest BCUT2D eigenvalue weighted by Gasteiger charge is 2.37. The average Bonchev–Trinajstić information content (AvgIpc) is 2.67. The van der Waals surface area contributed by atoms with Crippen molar-refractivity contribution in [2.45, 2.75) is 12.4 Å². The number of amides is 1. The van der Waals surface area contributed by atoms with Gasteiger partial charge in [-0.1, -0.05) is 0 Å². The molecule has 1 fully saturated rings. The van der Waals surface area contributed by atoms with Crippen molar-refractivity contribution in [2.24, 2.45) is 0 Å². The van der Waals surface area contributed by atoms with E-state index in [9.17, 15) is 31.1 Å². The van der Waals surface area contributed by atoms with Gasteiger partial charge in [-0.3, -0.25) is 4.79 Å². The molecular weight excluding hydrogens is 406 g/mol. The molecule has 2 aromatic rings. The Morgan fingerprint density at radius 1 is 0.931 bits per heavy atom. The molecule has 0 saturated carbocycles. The van der Waals surface area contributed by atoms with Crippen molar-refractivity contribution in [1.29, 1.82) is 0 Å². The number of ether oxygens (including phenoxy) is 1. The summed E-state index contributed by atoms with van der Waals surface area (Å²) in [7, 11) is 0. The number of halogens is 6. The minimum Gasteiger partial charge on any atom is -0.378 e. The first-order valence-corrected chi connectivity index (χ1v) is 8.31. The molecule has 0 spiro atoms. The lowest BCUT2D eigenvalue weighted by molar-refractivity contribution is -0.143. The molecule has 1 aromatic heterocycles. The molecule has 0 radical (unpaired) electrons. The van der Waals surface area contributed by atoms with Gasteiger partial charge in [-0.05, 0) is 30.3 Å². The molecule has 12 heteroatoms. The highest BCUT2D eigenvalue weighted by molar-refractivity contribution is 6.02. The fraction of sp³-hybridized carbons (Fsp3) is 0.353. The lowest BCUT2D eigenvalue weighted by Crippen LogP contribution is -2.37. The zero-order valence-electron chi connectivity index (χ0n) is 14.6. The summed E-state index contributed by atoms with van der Waals surface area (Å²) in [6.07, 6.45) is -10.0. The summed E-state index contributed by atoms with van der Waals surface area (Å²) in [5, 5.41) is 9.59. The lowest BCUT2D eigenvalue weighted by Gasteiger charge is -2.27. The Morgan fingerprint density at radius 3 is 2.00 bits per heavy atom. The summed E-state index contributed by atoms with van der Waals surface area (Å²) in [5.41, 5.74) is -3.98. The third-order valence-corrected chi connectivity index (χ3v) is 4.06. The maximum Gasteiger partial charge on any atom is 0.416 e. The predicted octanol–water partition coefficient (Wildman–Crippen LogP) is 3.60. The van der Waals surface area contributed by atoms with Crippen LogP contribution in [0.15, 0.2) is 30.3 Å². The van der Waals surface area contributed by atoms with Crippen LogP contribution in [0.25, 0.3) is 0 Å². The minimum absolute atomic E-state index is 0.0212. The number of hydrogen-bond donors (Lipinski definition) is 1. The molecule has 1 amide bonds. The second-order valence-corrected chi connectivity index (χ2v) is 6.12. The molecule has 1 N–H and O–H groups in total. The average molecular weight is 420 g/mol. The third kappa shape index (κ3) is 5.13. The number of anilines is 2. The van der Waals surface area contributed by atoms with Crippen LogP contribution < -0.4 is 10.2 Å². The summed E-state index contributed by atoms with van der Waals surface area (Å²) in [6.45, 7) is 2.15. The molecule has 0 bridgehead atoms. The molecule has 1 aromatic carbocycles. The quantitative estimate of drug-likeness (QED) is 0.769. The van der Waals surface area contributed by atoms with Gasteiger partial charge in [0.15, 0.2) is 11.5 Å². The van der Waals surface area contributed by atoms with E-state index in [1.54, 1.807) is 0 Å². The van der Waals surface area contributed by atoms with Crippen LogP contribution >= 0.6 is 0 Å². The van der Waals surface area contributed by atoms with Gasteiger partial charge < -0.3 is 15.0 Å². The second-order valence-electron chi connectivity index (χ2n) is 6.12. The standard InChI is InChI=1S/C17H14F6N4O2/c18-16(19,20)10-7-11(17(21,22)23)9-12(8-10)24-15(28)13-1-2-14(26-25-13)27-3-5-29-6-4-27/h1-2,7-9H,3-6H2,(H,24,28). The van der Waals surface area contributed by atoms with E-state index in [0.29, 0.717) is 44.3 Å². The largest absolute Gasteiger partial charge is 0.416 e. The Hall–Kier alpha value is -2.89. The van der Waals surface area contributed by atoms with Gasteiger partial charge in [-0.25, -0.2) is 0 Å². The number of aromatic nitrogens is 2. The van der Waals surface area contributed by atoms with Gasteiger partial charge in [0, 0.05) is 18.8 Å². The van der Waals surface area contributed by atoms with Crippen molar-refractivity contribution in [3.63, 3.8) is 0 Å². The first-order valence-electron chi connectivity index (χ1n) is 8.31. The van der Waals surface area contributed by atoms with Gasteiger partial charge >= 0.3 is 12.4 Å². The Balaban J connectivity index is 1.80.